The van der Waals surface area contributed by atoms with Crippen molar-refractivity contribution in [1.29, 1.82) is 0 Å². The number of carboxylic acid groups (broad SMARTS) is 1. The van der Waals surface area contributed by atoms with Crippen LogP contribution in [-0.4, -0.2) is 35.0 Å². The van der Waals surface area contributed by atoms with Crippen molar-refractivity contribution in [2.45, 2.75) is 58.2 Å². The van der Waals surface area contributed by atoms with Crippen molar-refractivity contribution in [3.8, 4) is 0 Å². The van der Waals surface area contributed by atoms with Gasteiger partial charge in [-0.25, -0.2) is 0 Å². The van der Waals surface area contributed by atoms with Crippen molar-refractivity contribution >= 4 is 17.8 Å². The van der Waals surface area contributed by atoms with E-state index < -0.39 is 29.9 Å². The number of hydrogen-bond acceptors (Lipinski definition) is 4. The fourth-order valence-electron chi connectivity index (χ4n) is 2.10. The van der Waals surface area contributed by atoms with E-state index in [1.165, 1.54) is 12.5 Å². The topological polar surface area (TPSA) is 122 Å². The van der Waals surface area contributed by atoms with Crippen LogP contribution in [0.15, 0.2) is 24.3 Å². The predicted octanol–water partition coefficient (Wildman–Crippen LogP) is 0.907. The van der Waals surface area contributed by atoms with Crippen molar-refractivity contribution in [2.75, 3.05) is 0 Å². The highest BCUT2D eigenvalue weighted by Gasteiger charge is 2.20. The molecule has 1 rings (SSSR count). The molecule has 0 spiro atoms. The van der Waals surface area contributed by atoms with E-state index in [2.05, 4.69) is 31.4 Å². The first-order valence-corrected chi connectivity index (χ1v) is 8.15. The van der Waals surface area contributed by atoms with Crippen LogP contribution in [0.1, 0.15) is 45.2 Å². The summed E-state index contributed by atoms with van der Waals surface area (Å²) in [5.41, 5.74) is 7.88. The third-order valence-corrected chi connectivity index (χ3v) is 3.78. The molecular formula is C18H27N3O4. The summed E-state index contributed by atoms with van der Waals surface area (Å²) < 4.78 is 0. The SMILES string of the molecule is C[C@@H](NC(=O)C[C@H](N)C(=O)NCc1ccc(C(C)(C)C)cc1)C(=O)O. The Morgan fingerprint density at radius 1 is 1.16 bits per heavy atom. The Balaban J connectivity index is 2.48. The molecule has 1 aromatic carbocycles. The number of carboxylic acids is 1. The molecule has 138 valence electrons. The monoisotopic (exact) mass is 349 g/mol. The van der Waals surface area contributed by atoms with Crippen LogP contribution >= 0.6 is 0 Å². The van der Waals surface area contributed by atoms with E-state index in [9.17, 15) is 14.4 Å². The van der Waals surface area contributed by atoms with E-state index in [4.69, 9.17) is 10.8 Å². The summed E-state index contributed by atoms with van der Waals surface area (Å²) in [5.74, 6) is -2.19. The average Bonchev–Trinajstić information content (AvgIpc) is 2.51. The third-order valence-electron chi connectivity index (χ3n) is 3.78. The number of nitrogens with two attached hydrogens (primary N) is 1. The minimum absolute atomic E-state index is 0.0601. The van der Waals surface area contributed by atoms with Gasteiger partial charge in [0.05, 0.1) is 12.5 Å². The van der Waals surface area contributed by atoms with Crippen LogP contribution in [0, 0.1) is 0 Å². The number of carbonyl (C=O) groups excluding carboxylic acids is 2. The van der Waals surface area contributed by atoms with Gasteiger partial charge in [0, 0.05) is 6.54 Å². The summed E-state index contributed by atoms with van der Waals surface area (Å²) in [4.78, 5) is 34.3. The second-order valence-corrected chi connectivity index (χ2v) is 7.10. The fraction of sp³-hybridized carbons (Fsp3) is 0.500. The van der Waals surface area contributed by atoms with Gasteiger partial charge in [-0.1, -0.05) is 45.0 Å². The molecule has 0 fully saturated rings. The van der Waals surface area contributed by atoms with Gasteiger partial charge in [0.2, 0.25) is 11.8 Å². The van der Waals surface area contributed by atoms with Gasteiger partial charge in [0.15, 0.2) is 0 Å². The van der Waals surface area contributed by atoms with Gasteiger partial charge in [-0.05, 0) is 23.5 Å². The van der Waals surface area contributed by atoms with Crippen molar-refractivity contribution in [1.82, 2.24) is 10.6 Å². The van der Waals surface area contributed by atoms with E-state index in [1.54, 1.807) is 0 Å². The normalized spacial score (nSPS) is 13.6. The molecule has 0 aliphatic heterocycles. The molecule has 2 amide bonds. The molecule has 7 nitrogen and oxygen atoms in total. The maximum Gasteiger partial charge on any atom is 0.325 e. The first-order valence-electron chi connectivity index (χ1n) is 8.15. The summed E-state index contributed by atoms with van der Waals surface area (Å²) in [6.07, 6.45) is -0.271. The van der Waals surface area contributed by atoms with Crippen LogP contribution in [-0.2, 0) is 26.3 Å². The largest absolute Gasteiger partial charge is 0.480 e. The lowest BCUT2D eigenvalue weighted by atomic mass is 9.87. The molecule has 7 heteroatoms. The molecule has 0 aliphatic rings. The Morgan fingerprint density at radius 2 is 1.72 bits per heavy atom. The van der Waals surface area contributed by atoms with Crippen LogP contribution < -0.4 is 16.4 Å². The molecule has 0 radical (unpaired) electrons. The van der Waals surface area contributed by atoms with Crippen LogP contribution in [0.2, 0.25) is 0 Å². The first kappa shape index (κ1) is 20.6. The summed E-state index contributed by atoms with van der Waals surface area (Å²) in [6, 6.07) is 5.85. The molecule has 0 saturated carbocycles. The average molecular weight is 349 g/mol. The Bertz CT molecular complexity index is 620. The third kappa shape index (κ3) is 6.93. The van der Waals surface area contributed by atoms with Gasteiger partial charge in [-0.15, -0.1) is 0 Å². The molecule has 25 heavy (non-hydrogen) atoms. The van der Waals surface area contributed by atoms with Crippen molar-refractivity contribution in [3.05, 3.63) is 35.4 Å². The standard InChI is InChI=1S/C18H27N3O4/c1-11(17(24)25)21-15(22)9-14(19)16(23)20-10-12-5-7-13(8-6-12)18(2,3)4/h5-8,11,14H,9-10,19H2,1-4H3,(H,20,23)(H,21,22)(H,24,25)/t11-,14+/m1/s1. The number of nitrogens with one attached hydrogen (secondary N) is 2. The maximum absolute atomic E-state index is 12.0. The molecule has 0 bridgehead atoms. The highest BCUT2D eigenvalue weighted by Crippen LogP contribution is 2.22. The van der Waals surface area contributed by atoms with Gasteiger partial charge in [-0.3, -0.25) is 14.4 Å². The van der Waals surface area contributed by atoms with Crippen LogP contribution in [0.4, 0.5) is 0 Å². The van der Waals surface area contributed by atoms with Crippen LogP contribution in [0.5, 0.6) is 0 Å². The molecule has 0 saturated heterocycles. The lowest BCUT2D eigenvalue weighted by molar-refractivity contribution is -0.141. The quantitative estimate of drug-likeness (QED) is 0.583. The van der Waals surface area contributed by atoms with Crippen molar-refractivity contribution in [2.24, 2.45) is 5.73 Å². The van der Waals surface area contributed by atoms with Gasteiger partial charge < -0.3 is 21.5 Å². The lowest BCUT2D eigenvalue weighted by Crippen LogP contribution is -2.46. The van der Waals surface area contributed by atoms with Crippen molar-refractivity contribution in [3.63, 3.8) is 0 Å². The number of benzene rings is 1. The van der Waals surface area contributed by atoms with E-state index >= 15 is 0 Å². The Morgan fingerprint density at radius 3 is 2.20 bits per heavy atom. The molecule has 5 N–H and O–H groups in total. The zero-order chi connectivity index (χ0) is 19.2. The molecule has 0 unspecified atom stereocenters. The van der Waals surface area contributed by atoms with Crippen molar-refractivity contribution < 1.29 is 19.5 Å². The van der Waals surface area contributed by atoms with E-state index in [0.717, 1.165) is 5.56 Å². The Labute approximate surface area is 148 Å². The zero-order valence-electron chi connectivity index (χ0n) is 15.1. The van der Waals surface area contributed by atoms with Crippen LogP contribution in [0.3, 0.4) is 0 Å². The van der Waals surface area contributed by atoms with Gasteiger partial charge in [-0.2, -0.15) is 0 Å². The first-order chi connectivity index (χ1) is 11.5. The summed E-state index contributed by atoms with van der Waals surface area (Å²) in [6.45, 7) is 8.02. The van der Waals surface area contributed by atoms with E-state index in [1.807, 2.05) is 24.3 Å². The number of carbonyl (C=O) groups is 3. The zero-order valence-corrected chi connectivity index (χ0v) is 15.1. The predicted molar refractivity (Wildman–Crippen MR) is 94.8 cm³/mol. The lowest BCUT2D eigenvalue weighted by Gasteiger charge is -2.19. The number of aliphatic carboxylic acids is 1. The fourth-order valence-corrected chi connectivity index (χ4v) is 2.10. The Kier molecular flexibility index (Phi) is 7.11. The number of hydrogen-bond donors (Lipinski definition) is 4. The summed E-state index contributed by atoms with van der Waals surface area (Å²) in [5, 5.41) is 13.7. The van der Waals surface area contributed by atoms with Crippen LogP contribution in [0.25, 0.3) is 0 Å². The number of rotatable bonds is 7. The molecular weight excluding hydrogens is 322 g/mol. The molecule has 0 heterocycles. The second kappa shape index (κ2) is 8.62. The van der Waals surface area contributed by atoms with Gasteiger partial charge >= 0.3 is 5.97 Å². The van der Waals surface area contributed by atoms with Gasteiger partial charge in [0.1, 0.15) is 6.04 Å². The number of amides is 2. The highest BCUT2D eigenvalue weighted by atomic mass is 16.4. The Hall–Kier alpha value is -2.41. The molecule has 1 aromatic rings. The molecule has 2 atom stereocenters. The molecule has 0 aromatic heterocycles. The summed E-state index contributed by atoms with van der Waals surface area (Å²) >= 11 is 0. The molecule has 0 aliphatic carbocycles. The highest BCUT2D eigenvalue weighted by molar-refractivity contribution is 5.89. The smallest absolute Gasteiger partial charge is 0.325 e. The summed E-state index contributed by atoms with van der Waals surface area (Å²) in [7, 11) is 0. The van der Waals surface area contributed by atoms with E-state index in [0.29, 0.717) is 6.54 Å². The van der Waals surface area contributed by atoms with E-state index in [-0.39, 0.29) is 11.8 Å². The maximum atomic E-state index is 12.0. The minimum atomic E-state index is -1.15. The minimum Gasteiger partial charge on any atom is -0.480 e. The van der Waals surface area contributed by atoms with Gasteiger partial charge in [0.25, 0.3) is 0 Å². The second-order valence-electron chi connectivity index (χ2n) is 7.10.